The molecular formula is C25H26FN5O3S. The van der Waals surface area contributed by atoms with Gasteiger partial charge in [-0.15, -0.1) is 0 Å². The van der Waals surface area contributed by atoms with Gasteiger partial charge in [-0.3, -0.25) is 14.2 Å². The van der Waals surface area contributed by atoms with Crippen LogP contribution in [0.5, 0.6) is 5.75 Å². The lowest BCUT2D eigenvalue weighted by Gasteiger charge is -2.36. The van der Waals surface area contributed by atoms with Gasteiger partial charge in [0.25, 0.3) is 5.56 Å². The van der Waals surface area contributed by atoms with Crippen LogP contribution >= 0.6 is 11.8 Å². The lowest BCUT2D eigenvalue weighted by atomic mass is 10.2. The summed E-state index contributed by atoms with van der Waals surface area (Å²) in [4.78, 5) is 34.6. The van der Waals surface area contributed by atoms with Gasteiger partial charge in [-0.2, -0.15) is 0 Å². The molecule has 182 valence electrons. The van der Waals surface area contributed by atoms with E-state index in [1.807, 2.05) is 40.8 Å². The van der Waals surface area contributed by atoms with E-state index in [0.29, 0.717) is 53.8 Å². The summed E-state index contributed by atoms with van der Waals surface area (Å²) in [5, 5.41) is 1.31. The molecule has 0 bridgehead atoms. The molecule has 1 fully saturated rings. The van der Waals surface area contributed by atoms with Gasteiger partial charge in [-0.1, -0.05) is 23.9 Å². The fourth-order valence-electron chi connectivity index (χ4n) is 4.56. The zero-order chi connectivity index (χ0) is 24.7. The minimum Gasteiger partial charge on any atom is -0.497 e. The molecule has 1 saturated heterocycles. The molecule has 0 spiro atoms. The van der Waals surface area contributed by atoms with Gasteiger partial charge >= 0.3 is 0 Å². The number of aryl methyl sites for hydroxylation is 1. The molecule has 5 rings (SSSR count). The molecular weight excluding hydrogens is 469 g/mol. The number of aromatic nitrogens is 3. The van der Waals surface area contributed by atoms with E-state index in [4.69, 9.17) is 9.72 Å². The molecule has 4 aromatic rings. The summed E-state index contributed by atoms with van der Waals surface area (Å²) in [6, 6.07) is 12.3. The van der Waals surface area contributed by atoms with E-state index >= 15 is 0 Å². The number of halogens is 1. The van der Waals surface area contributed by atoms with Crippen molar-refractivity contribution in [3.8, 4) is 5.75 Å². The molecule has 0 atom stereocenters. The molecule has 0 saturated carbocycles. The third-order valence-electron chi connectivity index (χ3n) is 6.53. The third kappa shape index (κ3) is 4.12. The molecule has 0 radical (unpaired) electrons. The van der Waals surface area contributed by atoms with Crippen molar-refractivity contribution in [3.63, 3.8) is 0 Å². The number of anilines is 1. The van der Waals surface area contributed by atoms with E-state index in [2.05, 4.69) is 0 Å². The van der Waals surface area contributed by atoms with Crippen LogP contribution < -0.4 is 15.2 Å². The lowest BCUT2D eigenvalue weighted by Crippen LogP contribution is -2.49. The first kappa shape index (κ1) is 23.2. The summed E-state index contributed by atoms with van der Waals surface area (Å²) >= 11 is 1.25. The Balaban J connectivity index is 1.33. The maximum absolute atomic E-state index is 14.1. The zero-order valence-corrected chi connectivity index (χ0v) is 20.6. The first-order valence-electron chi connectivity index (χ1n) is 11.3. The molecule has 2 aromatic carbocycles. The number of piperazine rings is 1. The first-order chi connectivity index (χ1) is 16.9. The highest BCUT2D eigenvalue weighted by Crippen LogP contribution is 2.30. The second kappa shape index (κ2) is 9.26. The van der Waals surface area contributed by atoms with Crippen LogP contribution in [-0.4, -0.2) is 64.0 Å². The van der Waals surface area contributed by atoms with Gasteiger partial charge in [0.05, 0.1) is 24.1 Å². The predicted octanol–water partition coefficient (Wildman–Crippen LogP) is 3.01. The Morgan fingerprint density at radius 3 is 2.54 bits per heavy atom. The number of benzene rings is 2. The summed E-state index contributed by atoms with van der Waals surface area (Å²) in [6.07, 6.45) is 0. The van der Waals surface area contributed by atoms with E-state index in [0.717, 1.165) is 10.9 Å². The van der Waals surface area contributed by atoms with Gasteiger partial charge in [0, 0.05) is 45.7 Å². The van der Waals surface area contributed by atoms with Crippen molar-refractivity contribution in [3.05, 3.63) is 58.6 Å². The molecule has 1 aliphatic heterocycles. The van der Waals surface area contributed by atoms with Crippen LogP contribution in [0.2, 0.25) is 0 Å². The topological polar surface area (TPSA) is 72.6 Å². The number of hydrogen-bond donors (Lipinski definition) is 0. The van der Waals surface area contributed by atoms with E-state index in [1.165, 1.54) is 22.4 Å². The molecule has 1 aliphatic rings. The van der Waals surface area contributed by atoms with Crippen LogP contribution in [0.3, 0.4) is 0 Å². The fourth-order valence-corrected chi connectivity index (χ4v) is 5.42. The Hall–Kier alpha value is -3.53. The predicted molar refractivity (Wildman–Crippen MR) is 136 cm³/mol. The highest BCUT2D eigenvalue weighted by Gasteiger charge is 2.24. The molecule has 3 heterocycles. The minimum absolute atomic E-state index is 0.0304. The summed E-state index contributed by atoms with van der Waals surface area (Å²) < 4.78 is 22.8. The molecule has 0 N–H and O–H groups in total. The third-order valence-corrected chi connectivity index (χ3v) is 7.55. The average molecular weight is 496 g/mol. The van der Waals surface area contributed by atoms with Gasteiger partial charge in [0.15, 0.2) is 5.16 Å². The maximum atomic E-state index is 14.1. The quantitative estimate of drug-likeness (QED) is 0.313. The van der Waals surface area contributed by atoms with E-state index in [9.17, 15) is 14.0 Å². The van der Waals surface area contributed by atoms with Gasteiger partial charge in [-0.25, -0.2) is 9.37 Å². The van der Waals surface area contributed by atoms with Crippen LogP contribution in [0, 0.1) is 5.82 Å². The molecule has 10 heteroatoms. The van der Waals surface area contributed by atoms with Crippen LogP contribution in [-0.2, 0) is 18.9 Å². The normalized spacial score (nSPS) is 14.2. The summed E-state index contributed by atoms with van der Waals surface area (Å²) in [7, 11) is 5.12. The number of fused-ring (bicyclic) bond motifs is 3. The van der Waals surface area contributed by atoms with Crippen molar-refractivity contribution in [2.45, 2.75) is 5.16 Å². The number of nitrogens with zero attached hydrogens (tertiary/aromatic N) is 5. The van der Waals surface area contributed by atoms with Gasteiger partial charge in [-0.05, 0) is 30.3 Å². The van der Waals surface area contributed by atoms with Crippen molar-refractivity contribution in [2.24, 2.45) is 14.1 Å². The largest absolute Gasteiger partial charge is 0.497 e. The molecule has 35 heavy (non-hydrogen) atoms. The van der Waals surface area contributed by atoms with Crippen molar-refractivity contribution in [1.29, 1.82) is 0 Å². The Labute approximate surface area is 205 Å². The highest BCUT2D eigenvalue weighted by atomic mass is 32.2. The lowest BCUT2D eigenvalue weighted by molar-refractivity contribution is -0.128. The molecule has 0 aliphatic carbocycles. The Morgan fingerprint density at radius 1 is 1.09 bits per heavy atom. The maximum Gasteiger partial charge on any atom is 0.278 e. The molecule has 8 nitrogen and oxygen atoms in total. The highest BCUT2D eigenvalue weighted by molar-refractivity contribution is 7.99. The average Bonchev–Trinajstić information content (AvgIpc) is 3.16. The fraction of sp³-hybridized carbons (Fsp3) is 0.320. The van der Waals surface area contributed by atoms with Crippen LogP contribution in [0.4, 0.5) is 10.1 Å². The van der Waals surface area contributed by atoms with Crippen LogP contribution in [0.15, 0.2) is 52.4 Å². The second-order valence-electron chi connectivity index (χ2n) is 8.51. The standard InChI is InChI=1S/C25H26FN5O3S/c1-28-19-9-8-16(34-3)14-17(19)22-23(28)24(33)29(2)25(27-22)35-15-21(32)31-12-10-30(11-13-31)20-7-5-4-6-18(20)26/h4-9,14H,10-13,15H2,1-3H3. The molecule has 0 unspecified atom stereocenters. The first-order valence-corrected chi connectivity index (χ1v) is 12.3. The number of amides is 1. The smallest absolute Gasteiger partial charge is 0.278 e. The van der Waals surface area contributed by atoms with Crippen molar-refractivity contribution < 1.29 is 13.9 Å². The SMILES string of the molecule is COc1ccc2c(c1)c1nc(SCC(=O)N3CCN(c4ccccc4F)CC3)n(C)c(=O)c1n2C. The van der Waals surface area contributed by atoms with E-state index in [-0.39, 0.29) is 23.0 Å². The van der Waals surface area contributed by atoms with Gasteiger partial charge < -0.3 is 19.1 Å². The summed E-state index contributed by atoms with van der Waals surface area (Å²) in [5.74, 6) is 0.569. The van der Waals surface area contributed by atoms with Crippen LogP contribution in [0.1, 0.15) is 0 Å². The van der Waals surface area contributed by atoms with Crippen molar-refractivity contribution in [1.82, 2.24) is 19.0 Å². The number of methoxy groups -OCH3 is 1. The molecule has 1 amide bonds. The number of carbonyl (C=O) groups excluding carboxylic acids is 1. The van der Waals surface area contributed by atoms with Gasteiger partial charge in [0.2, 0.25) is 5.91 Å². The summed E-state index contributed by atoms with van der Waals surface area (Å²) in [6.45, 7) is 2.17. The minimum atomic E-state index is -0.253. The number of para-hydroxylation sites is 1. The zero-order valence-electron chi connectivity index (χ0n) is 19.8. The number of rotatable bonds is 5. The number of carbonyl (C=O) groups is 1. The van der Waals surface area contributed by atoms with E-state index in [1.54, 1.807) is 31.2 Å². The van der Waals surface area contributed by atoms with Crippen LogP contribution in [0.25, 0.3) is 21.9 Å². The number of ether oxygens (including phenoxy) is 1. The Kier molecular flexibility index (Phi) is 6.14. The van der Waals surface area contributed by atoms with E-state index < -0.39 is 0 Å². The van der Waals surface area contributed by atoms with Crippen molar-refractivity contribution in [2.75, 3.05) is 43.9 Å². The second-order valence-corrected chi connectivity index (χ2v) is 9.45. The monoisotopic (exact) mass is 495 g/mol. The van der Waals surface area contributed by atoms with Crippen molar-refractivity contribution >= 4 is 45.3 Å². The van der Waals surface area contributed by atoms with Gasteiger partial charge in [0.1, 0.15) is 22.6 Å². The number of thioether (sulfide) groups is 1. The summed E-state index contributed by atoms with van der Waals surface area (Å²) in [5.41, 5.74) is 2.39. The Bertz CT molecular complexity index is 1490. The number of hydrogen-bond acceptors (Lipinski definition) is 6. The Morgan fingerprint density at radius 2 is 1.83 bits per heavy atom. The molecule has 2 aromatic heterocycles.